The summed E-state index contributed by atoms with van der Waals surface area (Å²) in [5, 5.41) is 0. The first-order valence-corrected chi connectivity index (χ1v) is 20.6. The van der Waals surface area contributed by atoms with Crippen molar-refractivity contribution in [2.45, 2.75) is 13.8 Å². The predicted octanol–water partition coefficient (Wildman–Crippen LogP) is 2.55. The molecule has 1 heterocycles. The molecule has 4 heteroatoms. The molecule has 0 aromatic carbocycles. The molecular weight excluding hydrogens is 1050 g/mol. The van der Waals surface area contributed by atoms with Gasteiger partial charge >= 0.3 is 0 Å². The van der Waals surface area contributed by atoms with Crippen LogP contribution in [-0.2, 0) is 0 Å². The molecule has 0 aliphatic carbocycles. The highest BCUT2D eigenvalue weighted by atomic mass is 127. The van der Waals surface area contributed by atoms with E-state index in [1.807, 2.05) is 22.6 Å². The number of hydrogen-bond acceptors (Lipinski definition) is 2. The standard InChI is InChI=1S/C68H6.C5H4FIN2/c1-3-5-7-9-11-13-15-17-19-21-23-25-27-29-31-33-35-37-39-41-43-45-47-49-51-53-55-57-59-61-63-65-67-68-66-64-62-60-58-56-54-52-50-48-46-44-42-40-38-36-34-32-30-28-26-24-22-20-18-16-14-12-10-8-6-4-2;6-3-2-9-5(8)1-4(3)7/h1-2H3;1-2H,(H2,8,9). The molecule has 2 nitrogen and oxygen atoms in total. The van der Waals surface area contributed by atoms with E-state index >= 15 is 0 Å². The Labute approximate surface area is 466 Å². The highest BCUT2D eigenvalue weighted by Crippen LogP contribution is 2.10. The second-order valence-electron chi connectivity index (χ2n) is 10.0. The van der Waals surface area contributed by atoms with Crippen molar-refractivity contribution in [3.05, 3.63) is 21.7 Å². The Kier molecular flexibility index (Phi) is 44.7. The second-order valence-corrected chi connectivity index (χ2v) is 11.2. The summed E-state index contributed by atoms with van der Waals surface area (Å²) in [5.41, 5.74) is 5.24. The maximum atomic E-state index is 12.4. The van der Waals surface area contributed by atoms with Gasteiger partial charge in [0.15, 0.2) is 5.82 Å². The van der Waals surface area contributed by atoms with Crippen molar-refractivity contribution in [1.29, 1.82) is 0 Å². The van der Waals surface area contributed by atoms with Gasteiger partial charge in [-0.1, -0.05) is 11.8 Å². The molecule has 0 aliphatic rings. The van der Waals surface area contributed by atoms with Crippen molar-refractivity contribution in [2.24, 2.45) is 0 Å². The summed E-state index contributed by atoms with van der Waals surface area (Å²) in [6.07, 6.45) is 1.11. The highest BCUT2D eigenvalue weighted by Gasteiger charge is 1.96. The monoisotopic (exact) mass is 1060 g/mol. The fourth-order valence-corrected chi connectivity index (χ4v) is 2.95. The Morgan fingerprint density at radius 3 is 0.468 bits per heavy atom. The lowest BCUT2D eigenvalue weighted by Gasteiger charge is -1.92. The fourth-order valence-electron chi connectivity index (χ4n) is 2.49. The maximum absolute atomic E-state index is 12.4. The van der Waals surface area contributed by atoms with Gasteiger partial charge in [-0.25, -0.2) is 9.37 Å². The lowest BCUT2D eigenvalue weighted by atomic mass is 10.4. The van der Waals surface area contributed by atoms with Gasteiger partial charge in [-0.05, 0) is 137 Å². The highest BCUT2D eigenvalue weighted by molar-refractivity contribution is 14.1. The lowest BCUT2D eigenvalue weighted by Crippen LogP contribution is -1.91. The molecule has 0 atom stereocenters. The third kappa shape index (κ3) is 53.6. The molecule has 1 rings (SSSR count). The molecule has 0 radical (unpaired) electrons. The molecule has 0 saturated heterocycles. The molecular formula is C73H10FIN2. The molecule has 0 saturated carbocycles. The van der Waals surface area contributed by atoms with Crippen LogP contribution in [0.2, 0.25) is 0 Å². The van der Waals surface area contributed by atoms with Gasteiger partial charge in [-0.3, -0.25) is 0 Å². The summed E-state index contributed by atoms with van der Waals surface area (Å²) >= 11 is 1.85. The van der Waals surface area contributed by atoms with Crippen molar-refractivity contribution in [2.75, 3.05) is 5.73 Å². The molecule has 326 valence electrons. The number of nitrogens with zero attached hydrogens (tertiary/aromatic N) is 1. The number of nitrogen functional groups attached to an aromatic ring is 1. The first-order valence-electron chi connectivity index (χ1n) is 19.5. The molecule has 0 spiro atoms. The van der Waals surface area contributed by atoms with Gasteiger partial charge < -0.3 is 5.73 Å². The second kappa shape index (κ2) is 55.4. The summed E-state index contributed by atoms with van der Waals surface area (Å²) in [7, 11) is 0. The van der Waals surface area contributed by atoms with E-state index < -0.39 is 0 Å². The van der Waals surface area contributed by atoms with E-state index in [0.717, 1.165) is 6.20 Å². The minimum absolute atomic E-state index is 0.329. The quantitative estimate of drug-likeness (QED) is 0.321. The van der Waals surface area contributed by atoms with Gasteiger partial charge in [-0.15, -0.1) is 0 Å². The van der Waals surface area contributed by atoms with E-state index in [4.69, 9.17) is 5.73 Å². The van der Waals surface area contributed by atoms with Crippen molar-refractivity contribution < 1.29 is 4.39 Å². The normalized spacial score (nSPS) is 4.62. The van der Waals surface area contributed by atoms with E-state index in [9.17, 15) is 4.39 Å². The van der Waals surface area contributed by atoms with E-state index in [0.29, 0.717) is 9.39 Å². The topological polar surface area (TPSA) is 38.9 Å². The van der Waals surface area contributed by atoms with Gasteiger partial charge in [-0.2, -0.15) is 0 Å². The van der Waals surface area contributed by atoms with Crippen LogP contribution >= 0.6 is 22.6 Å². The molecule has 1 aromatic heterocycles. The Morgan fingerprint density at radius 1 is 0.260 bits per heavy atom. The van der Waals surface area contributed by atoms with Crippen LogP contribution in [0.3, 0.4) is 0 Å². The van der Waals surface area contributed by atoms with E-state index in [1.165, 1.54) is 6.07 Å². The lowest BCUT2D eigenvalue weighted by molar-refractivity contribution is 0.614. The molecule has 0 bridgehead atoms. The number of pyridine rings is 1. The first-order chi connectivity index (χ1) is 38.1. The average Bonchev–Trinajstić information content (AvgIpc) is 3.43. The third-order valence-electron chi connectivity index (χ3n) is 5.02. The van der Waals surface area contributed by atoms with Crippen molar-refractivity contribution in [3.8, 4) is 391 Å². The number of aromatic nitrogens is 1. The molecule has 77 heavy (non-hydrogen) atoms. The third-order valence-corrected chi connectivity index (χ3v) is 5.84. The van der Waals surface area contributed by atoms with Crippen LogP contribution in [0.1, 0.15) is 13.8 Å². The molecule has 0 aliphatic heterocycles. The first kappa shape index (κ1) is 62.1. The summed E-state index contributed by atoms with van der Waals surface area (Å²) in [6.45, 7) is 3.37. The number of hydrogen-bond donors (Lipinski definition) is 1. The molecule has 0 unspecified atom stereocenters. The molecule has 1 aromatic rings. The maximum Gasteiger partial charge on any atom is 0.154 e. The average molecular weight is 1060 g/mol. The zero-order valence-electron chi connectivity index (χ0n) is 39.4. The number of rotatable bonds is 0. The van der Waals surface area contributed by atoms with Crippen LogP contribution in [0.25, 0.3) is 0 Å². The summed E-state index contributed by atoms with van der Waals surface area (Å²) in [4.78, 5) is 3.54. The Bertz CT molecular complexity index is 4610. The molecule has 0 fully saturated rings. The van der Waals surface area contributed by atoms with Crippen molar-refractivity contribution in [1.82, 2.24) is 4.98 Å². The largest absolute Gasteiger partial charge is 0.384 e. The van der Waals surface area contributed by atoms with Crippen LogP contribution in [0.15, 0.2) is 12.3 Å². The SMILES string of the molecule is CC#CC#CC#CC#CC#CC#CC#CC#CC#CC#CC#CC#CC#CC#CC#CC#CC#CC#CC#CC#CC#CC#CC#CC#CC#CC#CC#CC#CC#CC#CC#CC#CC#CC.Nc1cc(I)c(F)cn1. The summed E-state index contributed by atoms with van der Waals surface area (Å²) in [5.74, 6) is 166. The molecule has 0 amide bonds. The Hall–Kier alpha value is -14.9. The Balaban J connectivity index is 0.00000576. The smallest absolute Gasteiger partial charge is 0.154 e. The van der Waals surface area contributed by atoms with Crippen LogP contribution in [0.4, 0.5) is 10.2 Å². The van der Waals surface area contributed by atoms with Crippen LogP contribution in [0.5, 0.6) is 0 Å². The van der Waals surface area contributed by atoms with Gasteiger partial charge in [0, 0.05) is 284 Å². The number of nitrogens with two attached hydrogens (primary N) is 1. The van der Waals surface area contributed by atoms with Gasteiger partial charge in [0.1, 0.15) is 5.82 Å². The number of halogens is 2. The van der Waals surface area contributed by atoms with E-state index in [2.05, 4.69) is 396 Å². The van der Waals surface area contributed by atoms with Gasteiger partial charge in [0.25, 0.3) is 0 Å². The predicted molar refractivity (Wildman–Crippen MR) is 309 cm³/mol. The van der Waals surface area contributed by atoms with E-state index in [1.54, 1.807) is 13.8 Å². The Morgan fingerprint density at radius 2 is 0.377 bits per heavy atom. The van der Waals surface area contributed by atoms with Crippen molar-refractivity contribution >= 4 is 28.4 Å². The summed E-state index contributed by atoms with van der Waals surface area (Å²) < 4.78 is 12.9. The van der Waals surface area contributed by atoms with Gasteiger partial charge in [0.05, 0.1) is 9.77 Å². The molecule has 2 N–H and O–H groups in total. The van der Waals surface area contributed by atoms with E-state index in [-0.39, 0.29) is 5.82 Å². The fraction of sp³-hybridized carbons (Fsp3) is 0.0274. The van der Waals surface area contributed by atoms with Crippen LogP contribution in [0, 0.1) is 400 Å². The zero-order valence-corrected chi connectivity index (χ0v) is 41.6. The minimum Gasteiger partial charge on any atom is -0.384 e. The number of anilines is 1. The van der Waals surface area contributed by atoms with Crippen molar-refractivity contribution in [3.63, 3.8) is 0 Å². The van der Waals surface area contributed by atoms with Crippen LogP contribution in [-0.4, -0.2) is 4.98 Å². The zero-order chi connectivity index (χ0) is 55.5. The van der Waals surface area contributed by atoms with Crippen LogP contribution < -0.4 is 5.73 Å². The van der Waals surface area contributed by atoms with Gasteiger partial charge in [0.2, 0.25) is 0 Å². The summed E-state index contributed by atoms with van der Waals surface area (Å²) in [6, 6.07) is 1.48. The minimum atomic E-state index is -0.329.